The van der Waals surface area contributed by atoms with Crippen molar-refractivity contribution in [3.05, 3.63) is 47.1 Å². The second kappa shape index (κ2) is 6.37. The van der Waals surface area contributed by atoms with Gasteiger partial charge in [-0.25, -0.2) is 0 Å². The average molecular weight is 287 g/mol. The van der Waals surface area contributed by atoms with Gasteiger partial charge in [0, 0.05) is 19.7 Å². The fourth-order valence-corrected chi connectivity index (χ4v) is 2.81. The number of fused-ring (bicyclic) bond motifs is 1. The Balaban J connectivity index is 1.87. The van der Waals surface area contributed by atoms with Crippen LogP contribution in [0, 0.1) is 0 Å². The van der Waals surface area contributed by atoms with Crippen molar-refractivity contribution in [3.63, 3.8) is 0 Å². The van der Waals surface area contributed by atoms with Crippen LogP contribution in [-0.4, -0.2) is 23.3 Å². The molecule has 1 aromatic heterocycles. The maximum absolute atomic E-state index is 5.65. The summed E-state index contributed by atoms with van der Waals surface area (Å²) in [5.74, 6) is 1.44. The third kappa shape index (κ3) is 2.84. The van der Waals surface area contributed by atoms with E-state index in [0.29, 0.717) is 18.3 Å². The van der Waals surface area contributed by atoms with E-state index in [9.17, 15) is 0 Å². The van der Waals surface area contributed by atoms with Gasteiger partial charge >= 0.3 is 0 Å². The highest BCUT2D eigenvalue weighted by atomic mass is 16.5. The third-order valence-electron chi connectivity index (χ3n) is 3.88. The Morgan fingerprint density at radius 1 is 1.38 bits per heavy atom. The second-order valence-electron chi connectivity index (χ2n) is 5.23. The summed E-state index contributed by atoms with van der Waals surface area (Å²) < 4.78 is 11.2. The molecule has 21 heavy (non-hydrogen) atoms. The Labute approximate surface area is 124 Å². The number of hydrogen-bond donors (Lipinski definition) is 1. The summed E-state index contributed by atoms with van der Waals surface area (Å²) in [5.41, 5.74) is 2.57. The largest absolute Gasteiger partial charge is 0.370 e. The van der Waals surface area contributed by atoms with Gasteiger partial charge < -0.3 is 14.6 Å². The smallest absolute Gasteiger partial charge is 0.235 e. The summed E-state index contributed by atoms with van der Waals surface area (Å²) in [5, 5.41) is 7.52. The molecule has 0 amide bonds. The highest BCUT2D eigenvalue weighted by Gasteiger charge is 2.27. The zero-order valence-corrected chi connectivity index (χ0v) is 12.5. The van der Waals surface area contributed by atoms with E-state index in [4.69, 9.17) is 9.26 Å². The Hall–Kier alpha value is -1.72. The fourth-order valence-electron chi connectivity index (χ4n) is 2.81. The van der Waals surface area contributed by atoms with Crippen LogP contribution in [0.4, 0.5) is 0 Å². The van der Waals surface area contributed by atoms with E-state index in [1.165, 1.54) is 11.1 Å². The van der Waals surface area contributed by atoms with E-state index >= 15 is 0 Å². The van der Waals surface area contributed by atoms with E-state index in [-0.39, 0.29) is 12.0 Å². The lowest BCUT2D eigenvalue weighted by Gasteiger charge is -2.23. The lowest BCUT2D eigenvalue weighted by atomic mass is 9.91. The number of nitrogens with one attached hydrogen (secondary N) is 1. The van der Waals surface area contributed by atoms with Crippen molar-refractivity contribution in [1.82, 2.24) is 15.5 Å². The van der Waals surface area contributed by atoms with Crippen LogP contribution in [0.2, 0.25) is 0 Å². The van der Waals surface area contributed by atoms with Gasteiger partial charge in [-0.15, -0.1) is 0 Å². The fraction of sp³-hybridized carbons (Fsp3) is 0.500. The standard InChI is InChI=1S/C16H21N3O2/c1-3-14(20-4-2)15-18-16(21-19-15)13-10-17-9-11-7-5-6-8-12(11)13/h5-8,13-14,17H,3-4,9-10H2,1-2H3. The SMILES string of the molecule is CCOC(CC)c1noc(C2CNCc3ccccc32)n1. The van der Waals surface area contributed by atoms with Gasteiger partial charge in [-0.2, -0.15) is 4.98 Å². The summed E-state index contributed by atoms with van der Waals surface area (Å²) in [7, 11) is 0. The second-order valence-corrected chi connectivity index (χ2v) is 5.23. The molecule has 0 spiro atoms. The first-order chi connectivity index (χ1) is 10.3. The van der Waals surface area contributed by atoms with E-state index in [0.717, 1.165) is 19.5 Å². The van der Waals surface area contributed by atoms with Gasteiger partial charge in [-0.05, 0) is 24.5 Å². The Bertz CT molecular complexity index is 597. The van der Waals surface area contributed by atoms with E-state index in [2.05, 4.69) is 46.6 Å². The van der Waals surface area contributed by atoms with Crippen LogP contribution in [0.5, 0.6) is 0 Å². The number of nitrogens with zero attached hydrogens (tertiary/aromatic N) is 2. The van der Waals surface area contributed by atoms with Crippen molar-refractivity contribution in [2.75, 3.05) is 13.2 Å². The lowest BCUT2D eigenvalue weighted by molar-refractivity contribution is 0.0518. The van der Waals surface area contributed by atoms with Gasteiger partial charge in [-0.1, -0.05) is 36.3 Å². The molecule has 2 atom stereocenters. The summed E-state index contributed by atoms with van der Waals surface area (Å²) in [4.78, 5) is 4.58. The molecular formula is C16H21N3O2. The van der Waals surface area contributed by atoms with Crippen LogP contribution in [0.25, 0.3) is 0 Å². The molecule has 1 aliphatic heterocycles. The predicted octanol–water partition coefficient (Wildman–Crippen LogP) is 2.79. The normalized spacial score (nSPS) is 19.2. The van der Waals surface area contributed by atoms with Crippen LogP contribution in [-0.2, 0) is 11.3 Å². The van der Waals surface area contributed by atoms with Crippen molar-refractivity contribution in [2.45, 2.75) is 38.8 Å². The molecular weight excluding hydrogens is 266 g/mol. The van der Waals surface area contributed by atoms with E-state index < -0.39 is 0 Å². The quantitative estimate of drug-likeness (QED) is 0.916. The molecule has 5 heteroatoms. The van der Waals surface area contributed by atoms with Gasteiger partial charge in [0.15, 0.2) is 0 Å². The highest BCUT2D eigenvalue weighted by molar-refractivity contribution is 5.35. The minimum absolute atomic E-state index is 0.0840. The van der Waals surface area contributed by atoms with Crippen LogP contribution in [0.3, 0.4) is 0 Å². The van der Waals surface area contributed by atoms with E-state index in [1.807, 2.05) is 6.92 Å². The average Bonchev–Trinajstić information content (AvgIpc) is 3.01. The molecule has 0 bridgehead atoms. The van der Waals surface area contributed by atoms with Crippen molar-refractivity contribution >= 4 is 0 Å². The molecule has 2 aromatic rings. The summed E-state index contributed by atoms with van der Waals surface area (Å²) in [6.07, 6.45) is 0.756. The van der Waals surface area contributed by atoms with E-state index in [1.54, 1.807) is 0 Å². The number of benzene rings is 1. The predicted molar refractivity (Wildman–Crippen MR) is 78.9 cm³/mol. The van der Waals surface area contributed by atoms with Crippen LogP contribution in [0.15, 0.2) is 28.8 Å². The van der Waals surface area contributed by atoms with Crippen molar-refractivity contribution in [2.24, 2.45) is 0 Å². The monoisotopic (exact) mass is 287 g/mol. The van der Waals surface area contributed by atoms with Crippen LogP contribution >= 0.6 is 0 Å². The molecule has 0 aliphatic carbocycles. The number of ether oxygens (including phenoxy) is 1. The molecule has 0 saturated heterocycles. The van der Waals surface area contributed by atoms with Gasteiger partial charge in [0.25, 0.3) is 0 Å². The van der Waals surface area contributed by atoms with Gasteiger partial charge in [0.2, 0.25) is 11.7 Å². The molecule has 2 unspecified atom stereocenters. The topological polar surface area (TPSA) is 60.2 Å². The van der Waals surface area contributed by atoms with Crippen molar-refractivity contribution in [3.8, 4) is 0 Å². The van der Waals surface area contributed by atoms with Gasteiger partial charge in [-0.3, -0.25) is 0 Å². The molecule has 0 fully saturated rings. The first kappa shape index (κ1) is 14.2. The minimum atomic E-state index is -0.0840. The molecule has 1 aromatic carbocycles. The van der Waals surface area contributed by atoms with Gasteiger partial charge in [0.1, 0.15) is 6.10 Å². The molecule has 5 nitrogen and oxygen atoms in total. The molecule has 0 radical (unpaired) electrons. The Kier molecular flexibility index (Phi) is 4.31. The minimum Gasteiger partial charge on any atom is -0.370 e. The maximum Gasteiger partial charge on any atom is 0.235 e. The molecule has 2 heterocycles. The summed E-state index contributed by atoms with van der Waals surface area (Å²) in [6.45, 7) is 6.41. The number of aromatic nitrogens is 2. The molecule has 0 saturated carbocycles. The molecule has 112 valence electrons. The molecule has 1 N–H and O–H groups in total. The van der Waals surface area contributed by atoms with Crippen LogP contribution < -0.4 is 5.32 Å². The third-order valence-corrected chi connectivity index (χ3v) is 3.88. The first-order valence-corrected chi connectivity index (χ1v) is 7.57. The molecule has 3 rings (SSSR count). The Morgan fingerprint density at radius 3 is 3.05 bits per heavy atom. The molecule has 1 aliphatic rings. The van der Waals surface area contributed by atoms with Crippen LogP contribution in [0.1, 0.15) is 55.1 Å². The first-order valence-electron chi connectivity index (χ1n) is 7.57. The maximum atomic E-state index is 5.65. The highest BCUT2D eigenvalue weighted by Crippen LogP contribution is 2.30. The summed E-state index contributed by atoms with van der Waals surface area (Å²) in [6, 6.07) is 8.40. The Morgan fingerprint density at radius 2 is 2.24 bits per heavy atom. The van der Waals surface area contributed by atoms with Crippen molar-refractivity contribution in [1.29, 1.82) is 0 Å². The van der Waals surface area contributed by atoms with Crippen molar-refractivity contribution < 1.29 is 9.26 Å². The lowest BCUT2D eigenvalue weighted by Crippen LogP contribution is -2.28. The number of hydrogen-bond acceptors (Lipinski definition) is 5. The zero-order valence-electron chi connectivity index (χ0n) is 12.5. The summed E-state index contributed by atoms with van der Waals surface area (Å²) >= 11 is 0. The number of rotatable bonds is 5. The zero-order chi connectivity index (χ0) is 14.7. The van der Waals surface area contributed by atoms with Gasteiger partial charge in [0.05, 0.1) is 5.92 Å².